The zero-order chi connectivity index (χ0) is 20.3. The number of hydrogen-bond acceptors (Lipinski definition) is 3. The topological polar surface area (TPSA) is 57.4 Å². The van der Waals surface area contributed by atoms with E-state index in [0.717, 1.165) is 37.2 Å². The highest BCUT2D eigenvalue weighted by Crippen LogP contribution is 2.30. The highest BCUT2D eigenvalue weighted by molar-refractivity contribution is 5.87. The van der Waals surface area contributed by atoms with Crippen LogP contribution in [0.1, 0.15) is 24.5 Å². The van der Waals surface area contributed by atoms with Gasteiger partial charge < -0.3 is 15.0 Å². The second kappa shape index (κ2) is 8.29. The number of hydrogen-bond donors (Lipinski definition) is 2. The largest absolute Gasteiger partial charge is 0.492 e. The molecule has 0 aliphatic carbocycles. The number of likely N-dealkylation sites (tertiary alicyclic amines) is 1. The van der Waals surface area contributed by atoms with E-state index in [1.165, 1.54) is 16.5 Å². The predicted octanol–water partition coefficient (Wildman–Crippen LogP) is 3.68. The lowest BCUT2D eigenvalue weighted by atomic mass is 9.85. The molecular formula is C24H29N3O2. The zero-order valence-corrected chi connectivity index (χ0v) is 17.2. The average Bonchev–Trinajstić information content (AvgIpc) is 3.14. The van der Waals surface area contributed by atoms with E-state index in [2.05, 4.69) is 34.3 Å². The number of ether oxygens (including phenoxy) is 1. The molecule has 1 unspecified atom stereocenters. The molecule has 2 aromatic carbocycles. The quantitative estimate of drug-likeness (QED) is 0.616. The average molecular weight is 392 g/mol. The fourth-order valence-corrected chi connectivity index (χ4v) is 3.97. The van der Waals surface area contributed by atoms with E-state index >= 15 is 0 Å². The Morgan fingerprint density at radius 2 is 2.00 bits per heavy atom. The van der Waals surface area contributed by atoms with Crippen molar-refractivity contribution in [3.8, 4) is 5.75 Å². The third-order valence-corrected chi connectivity index (χ3v) is 6.06. The molecule has 1 atom stereocenters. The number of fused-ring (bicyclic) bond motifs is 1. The van der Waals surface area contributed by atoms with E-state index in [1.807, 2.05) is 49.5 Å². The first-order valence-electron chi connectivity index (χ1n) is 10.3. The Morgan fingerprint density at radius 1 is 1.21 bits per heavy atom. The molecule has 4 rings (SSSR count). The Kier molecular flexibility index (Phi) is 5.58. The molecule has 0 spiro atoms. The summed E-state index contributed by atoms with van der Waals surface area (Å²) in [6.45, 7) is 7.00. The first kappa shape index (κ1) is 19.5. The van der Waals surface area contributed by atoms with Crippen molar-refractivity contribution in [2.24, 2.45) is 0 Å². The van der Waals surface area contributed by atoms with Crippen LogP contribution in [0, 0.1) is 6.92 Å². The van der Waals surface area contributed by atoms with Crippen LogP contribution in [0.3, 0.4) is 0 Å². The van der Waals surface area contributed by atoms with E-state index in [4.69, 9.17) is 4.74 Å². The van der Waals surface area contributed by atoms with Gasteiger partial charge >= 0.3 is 0 Å². The lowest BCUT2D eigenvalue weighted by Crippen LogP contribution is -2.66. The van der Waals surface area contributed by atoms with Crippen molar-refractivity contribution in [1.82, 2.24) is 15.2 Å². The molecule has 5 nitrogen and oxygen atoms in total. The van der Waals surface area contributed by atoms with Crippen molar-refractivity contribution in [3.63, 3.8) is 0 Å². The Bertz CT molecular complexity index is 979. The molecule has 1 amide bonds. The van der Waals surface area contributed by atoms with Crippen molar-refractivity contribution < 1.29 is 9.53 Å². The van der Waals surface area contributed by atoms with E-state index in [1.54, 1.807) is 0 Å². The summed E-state index contributed by atoms with van der Waals surface area (Å²) in [7, 11) is 0. The molecule has 3 aromatic rings. The summed E-state index contributed by atoms with van der Waals surface area (Å²) in [5, 5.41) is 4.37. The summed E-state index contributed by atoms with van der Waals surface area (Å²) in [6, 6.07) is 16.3. The van der Waals surface area contributed by atoms with Crippen molar-refractivity contribution in [1.29, 1.82) is 0 Å². The lowest BCUT2D eigenvalue weighted by molar-refractivity contribution is -0.141. The second-order valence-corrected chi connectivity index (χ2v) is 8.04. The molecular weight excluding hydrogens is 362 g/mol. The monoisotopic (exact) mass is 391 g/mol. The fraction of sp³-hybridized carbons (Fsp3) is 0.375. The molecule has 1 aliphatic rings. The summed E-state index contributed by atoms with van der Waals surface area (Å²) >= 11 is 0. The summed E-state index contributed by atoms with van der Waals surface area (Å²) in [5.74, 6) is 0.986. The number of aromatic amines is 1. The lowest BCUT2D eigenvalue weighted by Gasteiger charge is -2.49. The summed E-state index contributed by atoms with van der Waals surface area (Å²) in [6.07, 6.45) is 3.75. The minimum absolute atomic E-state index is 0.110. The van der Waals surface area contributed by atoms with Crippen molar-refractivity contribution in [2.45, 2.75) is 32.2 Å². The molecule has 5 heteroatoms. The standard InChI is InChI=1S/C24H29N3O2/c1-18-7-9-20(10-8-18)29-16-15-27-14-12-24(27,2)23(28)25-13-11-19-17-26-22-6-4-3-5-21(19)22/h3-10,17,26H,11-16H2,1-2H3,(H,25,28). The molecule has 2 N–H and O–H groups in total. The number of nitrogens with zero attached hydrogens (tertiary/aromatic N) is 1. The number of aryl methyl sites for hydroxylation is 1. The first-order valence-corrected chi connectivity index (χ1v) is 10.3. The smallest absolute Gasteiger partial charge is 0.240 e. The number of aromatic nitrogens is 1. The molecule has 0 bridgehead atoms. The normalized spacial score (nSPS) is 19.1. The Morgan fingerprint density at radius 3 is 2.76 bits per heavy atom. The van der Waals surface area contributed by atoms with Gasteiger partial charge in [-0.3, -0.25) is 9.69 Å². The van der Waals surface area contributed by atoms with Gasteiger partial charge in [0.15, 0.2) is 0 Å². The van der Waals surface area contributed by atoms with Gasteiger partial charge in [0, 0.05) is 36.7 Å². The van der Waals surface area contributed by atoms with Crippen LogP contribution in [-0.4, -0.2) is 47.6 Å². The maximum absolute atomic E-state index is 12.8. The number of para-hydroxylation sites is 1. The Hall–Kier alpha value is -2.79. The van der Waals surface area contributed by atoms with Crippen LogP contribution in [-0.2, 0) is 11.2 Å². The summed E-state index contributed by atoms with van der Waals surface area (Å²) in [5.41, 5.74) is 3.16. The number of carbonyl (C=O) groups excluding carboxylic acids is 1. The van der Waals surface area contributed by atoms with Gasteiger partial charge in [0.2, 0.25) is 5.91 Å². The molecule has 152 valence electrons. The second-order valence-electron chi connectivity index (χ2n) is 8.04. The summed E-state index contributed by atoms with van der Waals surface area (Å²) in [4.78, 5) is 18.3. The maximum Gasteiger partial charge on any atom is 0.240 e. The van der Waals surface area contributed by atoms with Gasteiger partial charge in [-0.25, -0.2) is 0 Å². The van der Waals surface area contributed by atoms with Gasteiger partial charge in [-0.15, -0.1) is 0 Å². The molecule has 1 aromatic heterocycles. The van der Waals surface area contributed by atoms with E-state index in [0.29, 0.717) is 13.2 Å². The molecule has 2 heterocycles. The van der Waals surface area contributed by atoms with Gasteiger partial charge in [-0.1, -0.05) is 35.9 Å². The van der Waals surface area contributed by atoms with Gasteiger partial charge in [-0.05, 0) is 50.5 Å². The van der Waals surface area contributed by atoms with Crippen molar-refractivity contribution in [2.75, 3.05) is 26.2 Å². The van der Waals surface area contributed by atoms with Crippen molar-refractivity contribution >= 4 is 16.8 Å². The number of carbonyl (C=O) groups is 1. The number of nitrogens with one attached hydrogen (secondary N) is 2. The van der Waals surface area contributed by atoms with Gasteiger partial charge in [0.1, 0.15) is 12.4 Å². The number of benzene rings is 2. The number of H-pyrrole nitrogens is 1. The number of amides is 1. The summed E-state index contributed by atoms with van der Waals surface area (Å²) < 4.78 is 5.83. The highest BCUT2D eigenvalue weighted by Gasteiger charge is 2.46. The van der Waals surface area contributed by atoms with Crippen molar-refractivity contribution in [3.05, 3.63) is 65.9 Å². The van der Waals surface area contributed by atoms with Gasteiger partial charge in [0.05, 0.1) is 5.54 Å². The molecule has 0 saturated carbocycles. The first-order chi connectivity index (χ1) is 14.1. The third kappa shape index (κ3) is 4.15. The minimum atomic E-state index is -0.434. The fourth-order valence-electron chi connectivity index (χ4n) is 3.97. The molecule has 29 heavy (non-hydrogen) atoms. The Balaban J connectivity index is 1.24. The van der Waals surface area contributed by atoms with Crippen LogP contribution in [0.4, 0.5) is 0 Å². The van der Waals surface area contributed by atoms with Crippen LogP contribution in [0.2, 0.25) is 0 Å². The van der Waals surface area contributed by atoms with Gasteiger partial charge in [0.25, 0.3) is 0 Å². The maximum atomic E-state index is 12.8. The molecule has 1 aliphatic heterocycles. The number of rotatable bonds is 8. The Labute approximate surface area is 172 Å². The SMILES string of the molecule is Cc1ccc(OCCN2CCC2(C)C(=O)NCCc2c[nH]c3ccccc23)cc1. The minimum Gasteiger partial charge on any atom is -0.492 e. The molecule has 1 saturated heterocycles. The third-order valence-electron chi connectivity index (χ3n) is 6.06. The van der Waals surface area contributed by atoms with E-state index < -0.39 is 5.54 Å². The van der Waals surface area contributed by atoms with Crippen LogP contribution in [0.25, 0.3) is 10.9 Å². The van der Waals surface area contributed by atoms with Crippen LogP contribution in [0.15, 0.2) is 54.7 Å². The molecule has 0 radical (unpaired) electrons. The van der Waals surface area contributed by atoms with Crippen LogP contribution in [0.5, 0.6) is 5.75 Å². The van der Waals surface area contributed by atoms with Crippen LogP contribution < -0.4 is 10.1 Å². The highest BCUT2D eigenvalue weighted by atomic mass is 16.5. The van der Waals surface area contributed by atoms with Gasteiger partial charge in [-0.2, -0.15) is 0 Å². The van der Waals surface area contributed by atoms with E-state index in [9.17, 15) is 4.79 Å². The van der Waals surface area contributed by atoms with Crippen LogP contribution >= 0.6 is 0 Å². The zero-order valence-electron chi connectivity index (χ0n) is 17.2. The molecule has 1 fully saturated rings. The predicted molar refractivity (Wildman–Crippen MR) is 116 cm³/mol. The van der Waals surface area contributed by atoms with E-state index in [-0.39, 0.29) is 5.91 Å².